The lowest BCUT2D eigenvalue weighted by molar-refractivity contribution is 0.122. The van der Waals surface area contributed by atoms with E-state index in [0.717, 1.165) is 44.7 Å². The van der Waals surface area contributed by atoms with Crippen LogP contribution in [0.15, 0.2) is 54.6 Å². The molecule has 1 aromatic heterocycles. The quantitative estimate of drug-likeness (QED) is 0.548. The van der Waals surface area contributed by atoms with E-state index in [1.807, 2.05) is 42.3 Å². The van der Waals surface area contributed by atoms with Gasteiger partial charge in [0.05, 0.1) is 13.2 Å². The van der Waals surface area contributed by atoms with Gasteiger partial charge in [-0.2, -0.15) is 15.0 Å². The van der Waals surface area contributed by atoms with Crippen LogP contribution in [0, 0.1) is 5.82 Å². The van der Waals surface area contributed by atoms with Gasteiger partial charge in [0.15, 0.2) is 0 Å². The van der Waals surface area contributed by atoms with Gasteiger partial charge in [-0.15, -0.1) is 0 Å². The molecule has 2 aromatic carbocycles. The van der Waals surface area contributed by atoms with Gasteiger partial charge in [0.2, 0.25) is 17.8 Å². The molecule has 0 radical (unpaired) electrons. The van der Waals surface area contributed by atoms with Crippen molar-refractivity contribution in [2.24, 2.45) is 0 Å². The zero-order valence-electron chi connectivity index (χ0n) is 19.3. The van der Waals surface area contributed by atoms with E-state index in [9.17, 15) is 4.39 Å². The van der Waals surface area contributed by atoms with Gasteiger partial charge in [-0.25, -0.2) is 4.39 Å². The minimum absolute atomic E-state index is 0.0775. The molecule has 2 saturated heterocycles. The van der Waals surface area contributed by atoms with Crippen LogP contribution in [0.2, 0.25) is 0 Å². The number of para-hydroxylation sites is 1. The van der Waals surface area contributed by atoms with Gasteiger partial charge >= 0.3 is 0 Å². The van der Waals surface area contributed by atoms with Crippen LogP contribution in [0.5, 0.6) is 5.75 Å². The predicted octanol–water partition coefficient (Wildman–Crippen LogP) is 3.66. The Hall–Kier alpha value is -3.46. The Kier molecular flexibility index (Phi) is 6.71. The van der Waals surface area contributed by atoms with Gasteiger partial charge in [-0.05, 0) is 36.4 Å². The van der Waals surface area contributed by atoms with Crippen molar-refractivity contribution in [1.29, 1.82) is 0 Å². The molecule has 5 rings (SSSR count). The molecule has 0 aliphatic carbocycles. The van der Waals surface area contributed by atoms with Gasteiger partial charge in [-0.1, -0.05) is 18.2 Å². The molecular formula is C25H29FN6O2. The van der Waals surface area contributed by atoms with Crippen molar-refractivity contribution in [2.45, 2.75) is 18.9 Å². The lowest BCUT2D eigenvalue weighted by atomic mass is 10.1. The molecule has 0 amide bonds. The van der Waals surface area contributed by atoms with E-state index in [4.69, 9.17) is 24.4 Å². The highest BCUT2D eigenvalue weighted by Crippen LogP contribution is 2.27. The molecule has 3 aromatic rings. The number of nitrogens with zero attached hydrogens (tertiary/aromatic N) is 6. The van der Waals surface area contributed by atoms with Gasteiger partial charge in [-0.3, -0.25) is 0 Å². The Bertz CT molecular complexity index is 1070. The largest absolute Gasteiger partial charge is 0.490 e. The lowest BCUT2D eigenvalue weighted by Crippen LogP contribution is -2.41. The summed E-state index contributed by atoms with van der Waals surface area (Å²) in [6.45, 7) is 4.38. The molecule has 0 atom stereocenters. The number of rotatable bonds is 6. The number of morpholine rings is 1. The first-order valence-electron chi connectivity index (χ1n) is 11.7. The highest BCUT2D eigenvalue weighted by atomic mass is 19.1. The van der Waals surface area contributed by atoms with Crippen LogP contribution in [0.1, 0.15) is 12.8 Å². The summed E-state index contributed by atoms with van der Waals surface area (Å²) in [5.74, 6) is 2.40. The number of piperidine rings is 1. The van der Waals surface area contributed by atoms with Crippen LogP contribution < -0.4 is 19.4 Å². The van der Waals surface area contributed by atoms with Crippen molar-refractivity contribution < 1.29 is 13.9 Å². The summed E-state index contributed by atoms with van der Waals surface area (Å²) in [5, 5.41) is 0. The van der Waals surface area contributed by atoms with Gasteiger partial charge in [0.25, 0.3) is 0 Å². The Labute approximate surface area is 199 Å². The first-order chi connectivity index (χ1) is 16.7. The molecule has 0 unspecified atom stereocenters. The molecule has 2 fully saturated rings. The molecule has 0 N–H and O–H groups in total. The second kappa shape index (κ2) is 10.2. The molecule has 2 aliphatic heterocycles. The first kappa shape index (κ1) is 22.3. The van der Waals surface area contributed by atoms with Crippen LogP contribution in [-0.2, 0) is 4.74 Å². The zero-order chi connectivity index (χ0) is 23.3. The SMILES string of the molecule is CN(c1ccccc1)c1nc(N2CCOCC2)nc(N2CCC(Oc3ccc(F)cc3)CC2)n1. The smallest absolute Gasteiger partial charge is 0.236 e. The highest BCUT2D eigenvalue weighted by Gasteiger charge is 2.25. The van der Waals surface area contributed by atoms with E-state index in [-0.39, 0.29) is 11.9 Å². The molecule has 0 spiro atoms. The van der Waals surface area contributed by atoms with Crippen molar-refractivity contribution in [3.63, 3.8) is 0 Å². The van der Waals surface area contributed by atoms with Crippen molar-refractivity contribution in [2.75, 3.05) is 61.1 Å². The Morgan fingerprint density at radius 1 is 0.853 bits per heavy atom. The lowest BCUT2D eigenvalue weighted by Gasteiger charge is -2.33. The molecule has 2 aliphatic rings. The van der Waals surface area contributed by atoms with Crippen molar-refractivity contribution in [1.82, 2.24) is 15.0 Å². The van der Waals surface area contributed by atoms with Crippen LogP contribution in [0.4, 0.5) is 27.9 Å². The van der Waals surface area contributed by atoms with Gasteiger partial charge in [0, 0.05) is 51.8 Å². The topological polar surface area (TPSA) is 66.9 Å². The molecule has 9 heteroatoms. The molecular weight excluding hydrogens is 435 g/mol. The first-order valence-corrected chi connectivity index (χ1v) is 11.7. The summed E-state index contributed by atoms with van der Waals surface area (Å²) in [7, 11) is 1.97. The number of halogens is 1. The van der Waals surface area contributed by atoms with E-state index < -0.39 is 0 Å². The number of benzene rings is 2. The van der Waals surface area contributed by atoms with E-state index >= 15 is 0 Å². The maximum Gasteiger partial charge on any atom is 0.236 e. The van der Waals surface area contributed by atoms with Crippen LogP contribution in [0.3, 0.4) is 0 Å². The van der Waals surface area contributed by atoms with Gasteiger partial charge in [0.1, 0.15) is 17.7 Å². The summed E-state index contributed by atoms with van der Waals surface area (Å²) in [5.41, 5.74) is 1.01. The molecule has 0 bridgehead atoms. The molecule has 34 heavy (non-hydrogen) atoms. The minimum atomic E-state index is -0.260. The van der Waals surface area contributed by atoms with E-state index in [1.165, 1.54) is 12.1 Å². The summed E-state index contributed by atoms with van der Waals surface area (Å²) in [6.07, 6.45) is 1.74. The number of anilines is 4. The Morgan fingerprint density at radius 2 is 1.47 bits per heavy atom. The van der Waals surface area contributed by atoms with Crippen molar-refractivity contribution in [3.8, 4) is 5.75 Å². The summed E-state index contributed by atoms with van der Waals surface area (Å²) < 4.78 is 24.7. The molecule has 3 heterocycles. The second-order valence-electron chi connectivity index (χ2n) is 8.49. The number of hydrogen-bond donors (Lipinski definition) is 0. The van der Waals surface area contributed by atoms with Crippen LogP contribution >= 0.6 is 0 Å². The normalized spacial score (nSPS) is 17.0. The molecule has 178 valence electrons. The van der Waals surface area contributed by atoms with Crippen LogP contribution in [-0.4, -0.2) is 67.5 Å². The Balaban J connectivity index is 1.34. The van der Waals surface area contributed by atoms with Crippen molar-refractivity contribution >= 4 is 23.5 Å². The maximum absolute atomic E-state index is 13.2. The average molecular weight is 465 g/mol. The molecule has 0 saturated carbocycles. The summed E-state index contributed by atoms with van der Waals surface area (Å²) in [6, 6.07) is 16.3. The standard InChI is InChI=1S/C25H29FN6O2/c1-30(20-5-3-2-4-6-20)23-27-24(29-25(28-23)32-15-17-33-18-16-32)31-13-11-22(12-14-31)34-21-9-7-19(26)8-10-21/h2-10,22H,11-18H2,1H3. The maximum atomic E-state index is 13.2. The second-order valence-corrected chi connectivity index (χ2v) is 8.49. The number of hydrogen-bond acceptors (Lipinski definition) is 8. The third-order valence-corrected chi connectivity index (χ3v) is 6.18. The minimum Gasteiger partial charge on any atom is -0.490 e. The van der Waals surface area contributed by atoms with Crippen LogP contribution in [0.25, 0.3) is 0 Å². The number of aromatic nitrogens is 3. The van der Waals surface area contributed by atoms with E-state index in [2.05, 4.69) is 9.80 Å². The van der Waals surface area contributed by atoms with E-state index in [1.54, 1.807) is 12.1 Å². The third kappa shape index (κ3) is 5.20. The average Bonchev–Trinajstić information content (AvgIpc) is 2.91. The summed E-state index contributed by atoms with van der Waals surface area (Å²) >= 11 is 0. The van der Waals surface area contributed by atoms with Gasteiger partial charge < -0.3 is 24.2 Å². The van der Waals surface area contributed by atoms with Crippen molar-refractivity contribution in [3.05, 3.63) is 60.4 Å². The fourth-order valence-corrected chi connectivity index (χ4v) is 4.19. The monoisotopic (exact) mass is 464 g/mol. The fourth-order valence-electron chi connectivity index (χ4n) is 4.19. The zero-order valence-corrected chi connectivity index (χ0v) is 19.3. The molecule has 8 nitrogen and oxygen atoms in total. The third-order valence-electron chi connectivity index (χ3n) is 6.18. The number of ether oxygens (including phenoxy) is 2. The van der Waals surface area contributed by atoms with E-state index in [0.29, 0.717) is 36.8 Å². The predicted molar refractivity (Wildman–Crippen MR) is 130 cm³/mol. The fraction of sp³-hybridized carbons (Fsp3) is 0.400. The highest BCUT2D eigenvalue weighted by molar-refractivity contribution is 5.58. The summed E-state index contributed by atoms with van der Waals surface area (Å²) in [4.78, 5) is 20.8. The Morgan fingerprint density at radius 3 is 2.12 bits per heavy atom.